The number of carbonyl (C=O) groups is 8. The first kappa shape index (κ1) is 83.4. The molecule has 0 radical (unpaired) electrons. The molecule has 4 bridgehead atoms. The third kappa shape index (κ3) is 18.5. The van der Waals surface area contributed by atoms with E-state index in [1.54, 1.807) is 13.8 Å². The van der Waals surface area contributed by atoms with Gasteiger partial charge in [-0.3, -0.25) is 38.4 Å². The summed E-state index contributed by atoms with van der Waals surface area (Å²) < 4.78 is 58.9. The third-order valence-corrected chi connectivity index (χ3v) is 40.5. The van der Waals surface area contributed by atoms with Crippen molar-refractivity contribution in [3.63, 3.8) is 0 Å². The SMILES string of the molecule is C.C=C1CC(C)(OC(=O)C(C)(CC)CC(C)(CC(C)(CC)C(=O)OC([Si](C)(C)C)[Si](C)(C)C)C(=O)OC2C3CC4C(=O)OC2C4C3)CCO1.C=C1CCC(C)O1.CCC(C)(CC(C)(CC(C)(CC)C(=O)OC([Si](C)(C)C)[Si](C)(C)C)C(=O)OC1C2CC3C(=O)OC1C3C2)C(=O)OC. The molecule has 0 amide bonds. The summed E-state index contributed by atoms with van der Waals surface area (Å²) in [7, 11) is -6.10. The van der Waals surface area contributed by atoms with Gasteiger partial charge in [0.15, 0.2) is 0 Å². The number of fused-ring (bicyclic) bond motifs is 2. The molecule has 0 aromatic heterocycles. The second kappa shape index (κ2) is 30.3. The molecule has 22 heteroatoms. The summed E-state index contributed by atoms with van der Waals surface area (Å²) >= 11 is 0. The molecular weight excluding hydrogens is 1300 g/mol. The van der Waals surface area contributed by atoms with Crippen LogP contribution in [-0.2, 0) is 85.7 Å². The standard InChI is InChI=1S/C37H62O9Si2.C31H54O8Si2.C6H10O.CH4/c1-14-34(4,30(39)45-33(47(8,9)10)48(11,12)13)21-36(6,31(40)44-27-24-18-25-26(19-24)29(38)43-28(25)27)22-35(5,15-2)32(41)46-37(7)16-17-42-23(3)20-37;1-13-29(3,25(33)36-6)17-31(5,27(35)38-22-19-15-20-21(16-19)24(32)37-23(20)22)18-30(4,14-2)26(34)39-28(40(7,8)9)41(10,11)12;1-5-3-4-6(2)7-5;/h24-28,33H,3,14-22H2,1-2,4-13H3;19-23,28H,13-18H2,1-12H3;6H,1,3-4H2,2H3;1H4. The molecule has 0 spiro atoms. The zero-order valence-electron chi connectivity index (χ0n) is 63.8. The number of carbonyl (C=O) groups excluding carboxylic acids is 8. The molecule has 0 aromatic carbocycles. The van der Waals surface area contributed by atoms with Gasteiger partial charge in [-0.25, -0.2) is 0 Å². The highest BCUT2D eigenvalue weighted by Gasteiger charge is 2.66. The zero-order valence-corrected chi connectivity index (χ0v) is 67.8. The number of rotatable bonds is 27. The average Bonchev–Trinajstić information content (AvgIpc) is 1.59. The molecule has 4 saturated carbocycles. The lowest BCUT2D eigenvalue weighted by atomic mass is 9.64. The quantitative estimate of drug-likeness (QED) is 0.0423. The van der Waals surface area contributed by atoms with Gasteiger partial charge in [0.05, 0.1) is 119 Å². The van der Waals surface area contributed by atoms with Crippen LogP contribution in [0.1, 0.15) is 193 Å². The van der Waals surface area contributed by atoms with E-state index in [2.05, 4.69) is 98.6 Å². The van der Waals surface area contributed by atoms with Crippen LogP contribution < -0.4 is 0 Å². The minimum Gasteiger partial charge on any atom is -0.498 e. The molecule has 8 rings (SSSR count). The van der Waals surface area contributed by atoms with Crippen molar-refractivity contribution in [3.8, 4) is 0 Å². The molecule has 4 heterocycles. The van der Waals surface area contributed by atoms with E-state index in [1.807, 2.05) is 62.3 Å². The summed E-state index contributed by atoms with van der Waals surface area (Å²) in [5.74, 6) is -1.04. The highest BCUT2D eigenvalue weighted by atomic mass is 28.4. The smallest absolute Gasteiger partial charge is 0.312 e. The lowest BCUT2D eigenvalue weighted by molar-refractivity contribution is -0.185. The molecule has 0 N–H and O–H groups in total. The number of hydrogen-bond donors (Lipinski definition) is 0. The predicted molar refractivity (Wildman–Crippen MR) is 387 cm³/mol. The number of ether oxygens (including phenoxy) is 10. The van der Waals surface area contributed by atoms with Gasteiger partial charge in [-0.05, 0) is 139 Å². The fourth-order valence-corrected chi connectivity index (χ4v) is 40.7. The predicted octanol–water partition coefficient (Wildman–Crippen LogP) is 15.7. The number of hydrogen-bond acceptors (Lipinski definition) is 18. The first-order valence-corrected chi connectivity index (χ1v) is 50.4. The molecule has 18 atom stereocenters. The second-order valence-electron chi connectivity index (χ2n) is 36.7. The van der Waals surface area contributed by atoms with Gasteiger partial charge in [-0.1, -0.05) is 127 Å². The summed E-state index contributed by atoms with van der Waals surface area (Å²) in [6.45, 7) is 57.5. The van der Waals surface area contributed by atoms with Gasteiger partial charge in [0.2, 0.25) is 0 Å². The van der Waals surface area contributed by atoms with E-state index in [-0.39, 0.29) is 103 Å². The molecule has 0 aromatic rings. The van der Waals surface area contributed by atoms with Gasteiger partial charge in [-0.2, -0.15) is 0 Å². The molecule has 18 unspecified atom stereocenters. The maximum Gasteiger partial charge on any atom is 0.312 e. The van der Waals surface area contributed by atoms with Crippen molar-refractivity contribution in [1.29, 1.82) is 0 Å². The molecule has 4 aliphatic heterocycles. The van der Waals surface area contributed by atoms with E-state index in [0.29, 0.717) is 69.8 Å². The van der Waals surface area contributed by atoms with Crippen LogP contribution in [0.2, 0.25) is 78.6 Å². The van der Waals surface area contributed by atoms with Crippen LogP contribution in [0.4, 0.5) is 0 Å². The van der Waals surface area contributed by atoms with Crippen LogP contribution >= 0.6 is 0 Å². The van der Waals surface area contributed by atoms with Crippen LogP contribution in [0.5, 0.6) is 0 Å². The summed E-state index contributed by atoms with van der Waals surface area (Å²) in [6.07, 6.45) is 7.02. The van der Waals surface area contributed by atoms with Crippen LogP contribution in [0.25, 0.3) is 0 Å². The van der Waals surface area contributed by atoms with Gasteiger partial charge < -0.3 is 47.4 Å². The van der Waals surface area contributed by atoms with Crippen molar-refractivity contribution in [2.45, 2.75) is 319 Å². The van der Waals surface area contributed by atoms with E-state index < -0.39 is 119 Å². The monoisotopic (exact) mass is 1430 g/mol. The highest BCUT2D eigenvalue weighted by Crippen LogP contribution is 2.59. The van der Waals surface area contributed by atoms with Crippen LogP contribution in [0.15, 0.2) is 24.7 Å². The van der Waals surface area contributed by atoms with Crippen LogP contribution in [-0.4, -0.2) is 141 Å². The highest BCUT2D eigenvalue weighted by molar-refractivity contribution is 6.96. The van der Waals surface area contributed by atoms with Gasteiger partial charge >= 0.3 is 47.8 Å². The number of allylic oxidation sites excluding steroid dienone is 1. The van der Waals surface area contributed by atoms with Crippen molar-refractivity contribution < 1.29 is 85.7 Å². The molecule has 8 aliphatic rings. The molecule has 4 saturated heterocycles. The molecule has 8 fully saturated rings. The second-order valence-corrected chi connectivity index (χ2v) is 58.9. The topological polar surface area (TPSA) is 229 Å². The van der Waals surface area contributed by atoms with Gasteiger partial charge in [0.1, 0.15) is 30.0 Å². The Morgan fingerprint density at radius 2 is 0.876 bits per heavy atom. The van der Waals surface area contributed by atoms with E-state index in [1.165, 1.54) is 7.11 Å². The van der Waals surface area contributed by atoms with Gasteiger partial charge in [0, 0.05) is 42.9 Å². The van der Waals surface area contributed by atoms with Gasteiger partial charge in [0.25, 0.3) is 0 Å². The first-order chi connectivity index (χ1) is 43.8. The lowest BCUT2D eigenvalue weighted by Gasteiger charge is -2.44. The zero-order chi connectivity index (χ0) is 72.9. The Labute approximate surface area is 587 Å². The minimum absolute atomic E-state index is 0. The Balaban J connectivity index is 0.000000318. The Bertz CT molecular complexity index is 2900. The van der Waals surface area contributed by atoms with Crippen LogP contribution in [0.3, 0.4) is 0 Å². The third-order valence-electron chi connectivity index (χ3n) is 23.3. The van der Waals surface area contributed by atoms with Crippen LogP contribution in [0, 0.1) is 68.0 Å². The molecule has 18 nitrogen and oxygen atoms in total. The van der Waals surface area contributed by atoms with Crippen molar-refractivity contribution in [2.24, 2.45) is 68.0 Å². The van der Waals surface area contributed by atoms with Crippen molar-refractivity contribution in [2.75, 3.05) is 13.7 Å². The Hall–Kier alpha value is -4.29. The molecule has 4 aliphatic carbocycles. The first-order valence-electron chi connectivity index (χ1n) is 36.1. The summed E-state index contributed by atoms with van der Waals surface area (Å²) in [5.41, 5.74) is -7.24. The maximum absolute atomic E-state index is 14.6. The Kier molecular flexibility index (Phi) is 26.1. The lowest BCUT2D eigenvalue weighted by Crippen LogP contribution is -2.57. The summed E-state index contributed by atoms with van der Waals surface area (Å²) in [5, 5.41) is -0.187. The normalized spacial score (nSPS) is 30.6. The maximum atomic E-state index is 14.6. The fourth-order valence-electron chi connectivity index (χ4n) is 18.1. The Morgan fingerprint density at radius 3 is 1.16 bits per heavy atom. The van der Waals surface area contributed by atoms with E-state index >= 15 is 0 Å². The number of esters is 8. The Morgan fingerprint density at radius 1 is 0.526 bits per heavy atom. The molecular formula is C75H130O18Si4. The van der Waals surface area contributed by atoms with E-state index in [9.17, 15) is 38.4 Å². The summed E-state index contributed by atoms with van der Waals surface area (Å²) in [4.78, 5) is 109. The van der Waals surface area contributed by atoms with Crippen molar-refractivity contribution >= 4 is 80.0 Å². The largest absolute Gasteiger partial charge is 0.498 e. The average molecular weight is 1430 g/mol. The van der Waals surface area contributed by atoms with E-state index in [0.717, 1.165) is 31.4 Å². The van der Waals surface area contributed by atoms with E-state index in [4.69, 9.17) is 47.4 Å². The molecule has 97 heavy (non-hydrogen) atoms. The minimum atomic E-state index is -1.89. The number of methoxy groups -OCH3 is 1. The van der Waals surface area contributed by atoms with Crippen molar-refractivity contribution in [3.05, 3.63) is 24.7 Å². The molecule has 554 valence electrons. The fraction of sp³-hybridized carbons (Fsp3) is 0.840. The van der Waals surface area contributed by atoms with Gasteiger partial charge in [-0.15, -0.1) is 0 Å². The summed E-state index contributed by atoms with van der Waals surface area (Å²) in [6, 6.07) is 0. The van der Waals surface area contributed by atoms with Crippen molar-refractivity contribution in [1.82, 2.24) is 0 Å².